The summed E-state index contributed by atoms with van der Waals surface area (Å²) in [6, 6.07) is 16.2. The average Bonchev–Trinajstić information content (AvgIpc) is 2.81. The van der Waals surface area contributed by atoms with E-state index >= 15 is 0 Å². The first kappa shape index (κ1) is 22.9. The molecule has 0 saturated carbocycles. The molecule has 0 unspecified atom stereocenters. The fourth-order valence-electron chi connectivity index (χ4n) is 4.71. The van der Waals surface area contributed by atoms with E-state index < -0.39 is 17.7 Å². The highest BCUT2D eigenvalue weighted by molar-refractivity contribution is 6.04. The molecule has 6 heteroatoms. The molecule has 2 atom stereocenters. The zero-order valence-electron chi connectivity index (χ0n) is 18.9. The second kappa shape index (κ2) is 10.1. The van der Waals surface area contributed by atoms with Gasteiger partial charge in [-0.3, -0.25) is 4.79 Å². The van der Waals surface area contributed by atoms with Crippen LogP contribution in [0.2, 0.25) is 0 Å². The van der Waals surface area contributed by atoms with Gasteiger partial charge in [0, 0.05) is 35.6 Å². The maximum absolute atomic E-state index is 15.0. The van der Waals surface area contributed by atoms with Crippen LogP contribution in [0.15, 0.2) is 77.1 Å². The second-order valence-corrected chi connectivity index (χ2v) is 8.28. The van der Waals surface area contributed by atoms with Gasteiger partial charge in [0.05, 0.1) is 18.1 Å². The van der Waals surface area contributed by atoms with Crippen LogP contribution in [0.1, 0.15) is 49.7 Å². The number of hydrogen-bond acceptors (Lipinski definition) is 5. The number of hydrogen-bond donors (Lipinski definition) is 1. The van der Waals surface area contributed by atoms with Crippen molar-refractivity contribution in [3.63, 3.8) is 0 Å². The van der Waals surface area contributed by atoms with Gasteiger partial charge in [-0.15, -0.1) is 0 Å². The maximum atomic E-state index is 15.0. The average molecular weight is 450 g/mol. The van der Waals surface area contributed by atoms with Crippen LogP contribution in [-0.2, 0) is 19.1 Å². The van der Waals surface area contributed by atoms with Crippen LogP contribution in [0.5, 0.6) is 0 Å². The van der Waals surface area contributed by atoms with E-state index in [2.05, 4.69) is 5.32 Å². The lowest BCUT2D eigenvalue weighted by molar-refractivity contribution is -0.140. The van der Waals surface area contributed by atoms with E-state index in [-0.39, 0.29) is 30.5 Å². The first-order valence-electron chi connectivity index (χ1n) is 11.3. The second-order valence-electron chi connectivity index (χ2n) is 8.28. The van der Waals surface area contributed by atoms with Crippen molar-refractivity contribution in [1.82, 2.24) is 5.32 Å². The quantitative estimate of drug-likeness (QED) is 0.487. The Labute approximate surface area is 193 Å². The van der Waals surface area contributed by atoms with Gasteiger partial charge in [0.15, 0.2) is 5.78 Å². The summed E-state index contributed by atoms with van der Waals surface area (Å²) in [7, 11) is 0. The Bertz CT molecular complexity index is 1110. The topological polar surface area (TPSA) is 64.6 Å². The molecule has 0 saturated heterocycles. The van der Waals surface area contributed by atoms with Gasteiger partial charge in [-0.05, 0) is 37.8 Å². The molecule has 0 radical (unpaired) electrons. The van der Waals surface area contributed by atoms with E-state index in [1.54, 1.807) is 25.1 Å². The summed E-state index contributed by atoms with van der Waals surface area (Å²) < 4.78 is 25.7. The summed E-state index contributed by atoms with van der Waals surface area (Å²) in [5.41, 5.74) is 3.43. The number of carbonyl (C=O) groups is 2. The Hall–Kier alpha value is -3.25. The normalized spacial score (nSPS) is 20.4. The van der Waals surface area contributed by atoms with Crippen LogP contribution in [0.4, 0.5) is 4.39 Å². The molecule has 0 aromatic heterocycles. The minimum absolute atomic E-state index is 0.0266. The standard InChI is InChI=1S/C27H28FNO4/c1-3-32-13-14-33-27(31)24-17(2)29-22-15-19(18-9-5-4-6-10-18)16-23(30)26(22)25(24)20-11-7-8-12-21(20)28/h4-12,19,25,29H,3,13-16H2,1-2H3/t19-,25-/m1/s1. The van der Waals surface area contributed by atoms with Crippen LogP contribution in [0.3, 0.4) is 0 Å². The molecule has 0 fully saturated rings. The van der Waals surface area contributed by atoms with Gasteiger partial charge in [-0.25, -0.2) is 9.18 Å². The number of allylic oxidation sites excluding steroid dienone is 3. The zero-order valence-corrected chi connectivity index (χ0v) is 18.9. The lowest BCUT2D eigenvalue weighted by Gasteiger charge is -2.36. The minimum Gasteiger partial charge on any atom is -0.460 e. The molecule has 0 spiro atoms. The molecule has 2 aromatic rings. The summed E-state index contributed by atoms with van der Waals surface area (Å²) in [6.45, 7) is 4.51. The Balaban J connectivity index is 1.73. The number of dihydropyridines is 1. The number of esters is 1. The lowest BCUT2D eigenvalue weighted by atomic mass is 9.71. The van der Waals surface area contributed by atoms with Crippen LogP contribution < -0.4 is 5.32 Å². The molecule has 1 aliphatic heterocycles. The first-order chi connectivity index (χ1) is 16.0. The van der Waals surface area contributed by atoms with Crippen LogP contribution in [0.25, 0.3) is 0 Å². The van der Waals surface area contributed by atoms with Crippen molar-refractivity contribution in [2.75, 3.05) is 19.8 Å². The highest BCUT2D eigenvalue weighted by Crippen LogP contribution is 2.46. The fraction of sp³-hybridized carbons (Fsp3) is 0.333. The molecule has 1 heterocycles. The summed E-state index contributed by atoms with van der Waals surface area (Å²) in [5.74, 6) is -1.90. The van der Waals surface area contributed by atoms with Gasteiger partial charge < -0.3 is 14.8 Å². The molecule has 33 heavy (non-hydrogen) atoms. The number of rotatable bonds is 7. The van der Waals surface area contributed by atoms with Crippen molar-refractivity contribution in [1.29, 1.82) is 0 Å². The van der Waals surface area contributed by atoms with Crippen LogP contribution >= 0.6 is 0 Å². The van der Waals surface area contributed by atoms with Crippen molar-refractivity contribution in [2.45, 2.75) is 38.5 Å². The molecule has 0 amide bonds. The molecule has 2 aromatic carbocycles. The number of ketones is 1. The highest BCUT2D eigenvalue weighted by atomic mass is 19.1. The summed E-state index contributed by atoms with van der Waals surface area (Å²) in [6.07, 6.45) is 0.918. The number of nitrogens with one attached hydrogen (secondary N) is 1. The van der Waals surface area contributed by atoms with Gasteiger partial charge in [0.2, 0.25) is 0 Å². The Morgan fingerprint density at radius 1 is 1.06 bits per heavy atom. The molecular weight excluding hydrogens is 421 g/mol. The molecule has 4 rings (SSSR count). The van der Waals surface area contributed by atoms with Gasteiger partial charge in [0.25, 0.3) is 0 Å². The Kier molecular flexibility index (Phi) is 7.04. The SMILES string of the molecule is CCOCCOC(=O)C1=C(C)NC2=C(C(=O)C[C@H](c3ccccc3)C2)[C@@H]1c1ccccc1F. The third-order valence-electron chi connectivity index (χ3n) is 6.20. The number of benzene rings is 2. The smallest absolute Gasteiger partial charge is 0.336 e. The third-order valence-corrected chi connectivity index (χ3v) is 6.20. The molecule has 5 nitrogen and oxygen atoms in total. The van der Waals surface area contributed by atoms with Crippen LogP contribution in [-0.4, -0.2) is 31.6 Å². The van der Waals surface area contributed by atoms with Gasteiger partial charge in [-0.1, -0.05) is 48.5 Å². The van der Waals surface area contributed by atoms with E-state index in [1.165, 1.54) is 6.07 Å². The highest BCUT2D eigenvalue weighted by Gasteiger charge is 2.42. The molecule has 0 bridgehead atoms. The minimum atomic E-state index is -0.814. The van der Waals surface area contributed by atoms with E-state index in [9.17, 15) is 14.0 Å². The summed E-state index contributed by atoms with van der Waals surface area (Å²) in [4.78, 5) is 26.6. The number of ether oxygens (including phenoxy) is 2. The number of halogens is 1. The van der Waals surface area contributed by atoms with E-state index in [1.807, 2.05) is 37.3 Å². The van der Waals surface area contributed by atoms with Gasteiger partial charge >= 0.3 is 5.97 Å². The third kappa shape index (κ3) is 4.76. The Morgan fingerprint density at radius 2 is 1.79 bits per heavy atom. The maximum Gasteiger partial charge on any atom is 0.336 e. The number of Topliss-reactive ketones (excluding diaryl/α,β-unsaturated/α-hetero) is 1. The van der Waals surface area contributed by atoms with E-state index in [0.29, 0.717) is 36.3 Å². The first-order valence-corrected chi connectivity index (χ1v) is 11.3. The molecule has 172 valence electrons. The largest absolute Gasteiger partial charge is 0.460 e. The Morgan fingerprint density at radius 3 is 2.52 bits per heavy atom. The fourth-order valence-corrected chi connectivity index (χ4v) is 4.71. The number of carbonyl (C=O) groups excluding carboxylic acids is 2. The predicted octanol–water partition coefficient (Wildman–Crippen LogP) is 4.77. The predicted molar refractivity (Wildman–Crippen MR) is 123 cm³/mol. The van der Waals surface area contributed by atoms with Gasteiger partial charge in [-0.2, -0.15) is 0 Å². The summed E-state index contributed by atoms with van der Waals surface area (Å²) in [5, 5.41) is 3.28. The van der Waals surface area contributed by atoms with E-state index in [0.717, 1.165) is 11.3 Å². The van der Waals surface area contributed by atoms with Crippen molar-refractivity contribution in [3.05, 3.63) is 94.1 Å². The van der Waals surface area contributed by atoms with Crippen molar-refractivity contribution in [3.8, 4) is 0 Å². The molecule has 2 aliphatic rings. The lowest BCUT2D eigenvalue weighted by Crippen LogP contribution is -2.36. The molecule has 1 N–H and O–H groups in total. The molecule has 1 aliphatic carbocycles. The van der Waals surface area contributed by atoms with Crippen molar-refractivity contribution >= 4 is 11.8 Å². The monoisotopic (exact) mass is 449 g/mol. The van der Waals surface area contributed by atoms with Crippen molar-refractivity contribution in [2.24, 2.45) is 0 Å². The summed E-state index contributed by atoms with van der Waals surface area (Å²) >= 11 is 0. The molecular formula is C27H28FNO4. The van der Waals surface area contributed by atoms with E-state index in [4.69, 9.17) is 9.47 Å². The zero-order chi connectivity index (χ0) is 23.4. The van der Waals surface area contributed by atoms with Crippen molar-refractivity contribution < 1.29 is 23.5 Å². The van der Waals surface area contributed by atoms with Crippen LogP contribution in [0, 0.1) is 5.82 Å². The van der Waals surface area contributed by atoms with Gasteiger partial charge in [0.1, 0.15) is 12.4 Å².